The van der Waals surface area contributed by atoms with Gasteiger partial charge in [-0.25, -0.2) is 0 Å². The quantitative estimate of drug-likeness (QED) is 0.787. The van der Waals surface area contributed by atoms with Gasteiger partial charge in [-0.05, 0) is 31.7 Å². The summed E-state index contributed by atoms with van der Waals surface area (Å²) in [5, 5.41) is 4.88. The largest absolute Gasteiger partial charge is 0.349 e. The Hall–Kier alpha value is -2.56. The first kappa shape index (κ1) is 15.7. The van der Waals surface area contributed by atoms with Crippen molar-refractivity contribution in [1.29, 1.82) is 0 Å². The standard InChI is InChI=1S/C21H23N3O2/c1-23-17-9-5-4-8-15(17)18-16(20(25)22-13-10-11-13)12-24(21(26)19(18)23)14-6-2-3-7-14/h4-5,8-9,12-14H,2-3,6-7,10-11H2,1H3,(H,22,25). The van der Waals surface area contributed by atoms with Crippen molar-refractivity contribution in [2.75, 3.05) is 0 Å². The lowest BCUT2D eigenvalue weighted by molar-refractivity contribution is 0.0952. The second-order valence-corrected chi connectivity index (χ2v) is 7.74. The highest BCUT2D eigenvalue weighted by molar-refractivity contribution is 6.17. The van der Waals surface area contributed by atoms with Crippen LogP contribution >= 0.6 is 0 Å². The third-order valence-corrected chi connectivity index (χ3v) is 5.96. The highest BCUT2D eigenvalue weighted by Gasteiger charge is 2.28. The lowest BCUT2D eigenvalue weighted by Crippen LogP contribution is -2.30. The van der Waals surface area contributed by atoms with E-state index in [0.29, 0.717) is 17.1 Å². The number of para-hydroxylation sites is 1. The predicted molar refractivity (Wildman–Crippen MR) is 103 cm³/mol. The summed E-state index contributed by atoms with van der Waals surface area (Å²) in [6.07, 6.45) is 8.24. The van der Waals surface area contributed by atoms with Crippen LogP contribution in [0.5, 0.6) is 0 Å². The van der Waals surface area contributed by atoms with E-state index in [2.05, 4.69) is 5.32 Å². The van der Waals surface area contributed by atoms with Gasteiger partial charge in [-0.15, -0.1) is 0 Å². The van der Waals surface area contributed by atoms with Crippen LogP contribution in [0.1, 0.15) is 54.9 Å². The first-order valence-corrected chi connectivity index (χ1v) is 9.58. The fourth-order valence-electron chi connectivity index (χ4n) is 4.42. The van der Waals surface area contributed by atoms with Gasteiger partial charge in [0.1, 0.15) is 5.52 Å². The molecule has 134 valence electrons. The monoisotopic (exact) mass is 349 g/mol. The van der Waals surface area contributed by atoms with E-state index in [1.165, 1.54) is 0 Å². The van der Waals surface area contributed by atoms with Gasteiger partial charge in [0.25, 0.3) is 11.5 Å². The van der Waals surface area contributed by atoms with Gasteiger partial charge < -0.3 is 14.5 Å². The molecule has 2 aromatic heterocycles. The summed E-state index contributed by atoms with van der Waals surface area (Å²) in [6, 6.07) is 8.45. The van der Waals surface area contributed by atoms with E-state index in [1.807, 2.05) is 46.6 Å². The van der Waals surface area contributed by atoms with Gasteiger partial charge in [-0.2, -0.15) is 0 Å². The van der Waals surface area contributed by atoms with Crippen LogP contribution in [0.3, 0.4) is 0 Å². The third-order valence-electron chi connectivity index (χ3n) is 5.96. The molecular formula is C21H23N3O2. The molecule has 5 heteroatoms. The Balaban J connectivity index is 1.84. The molecule has 1 aromatic carbocycles. The SMILES string of the molecule is Cn1c2ccccc2c2c(C(=O)NC3CC3)cn(C3CCCC3)c(=O)c21. The molecule has 2 fully saturated rings. The molecule has 0 saturated heterocycles. The van der Waals surface area contributed by atoms with Crippen LogP contribution < -0.4 is 10.9 Å². The highest BCUT2D eigenvalue weighted by atomic mass is 16.2. The van der Waals surface area contributed by atoms with Gasteiger partial charge in [0.15, 0.2) is 0 Å². The smallest absolute Gasteiger partial charge is 0.275 e. The number of nitrogens with zero attached hydrogens (tertiary/aromatic N) is 2. The molecule has 2 heterocycles. The van der Waals surface area contributed by atoms with E-state index in [-0.39, 0.29) is 17.5 Å². The van der Waals surface area contributed by atoms with Crippen molar-refractivity contribution in [3.05, 3.63) is 46.4 Å². The van der Waals surface area contributed by atoms with Crippen LogP contribution in [0, 0.1) is 0 Å². The molecule has 0 aliphatic heterocycles. The van der Waals surface area contributed by atoms with Gasteiger partial charge in [-0.1, -0.05) is 31.0 Å². The second kappa shape index (κ2) is 5.73. The van der Waals surface area contributed by atoms with E-state index >= 15 is 0 Å². The molecule has 0 bridgehead atoms. The Bertz CT molecular complexity index is 1080. The normalized spacial score (nSPS) is 18.0. The maximum absolute atomic E-state index is 13.3. The van der Waals surface area contributed by atoms with Crippen LogP contribution in [0.15, 0.2) is 35.3 Å². The maximum Gasteiger partial charge on any atom is 0.275 e. The number of amides is 1. The zero-order valence-corrected chi connectivity index (χ0v) is 15.0. The van der Waals surface area contributed by atoms with E-state index in [0.717, 1.165) is 54.8 Å². The van der Waals surface area contributed by atoms with Crippen molar-refractivity contribution in [2.45, 2.75) is 50.6 Å². The zero-order valence-electron chi connectivity index (χ0n) is 15.0. The summed E-state index contributed by atoms with van der Waals surface area (Å²) < 4.78 is 3.78. The van der Waals surface area contributed by atoms with Crippen molar-refractivity contribution in [2.24, 2.45) is 7.05 Å². The zero-order chi connectivity index (χ0) is 17.8. The minimum atomic E-state index is -0.0550. The number of pyridine rings is 1. The number of nitrogens with one attached hydrogen (secondary N) is 1. The topological polar surface area (TPSA) is 56.0 Å². The summed E-state index contributed by atoms with van der Waals surface area (Å²) in [5.41, 5.74) is 2.29. The van der Waals surface area contributed by atoms with Crippen LogP contribution in [-0.2, 0) is 7.05 Å². The summed E-state index contributed by atoms with van der Waals surface area (Å²) in [6.45, 7) is 0. The number of fused-ring (bicyclic) bond motifs is 3. The number of benzene rings is 1. The first-order valence-electron chi connectivity index (χ1n) is 9.58. The molecule has 2 aliphatic rings. The minimum Gasteiger partial charge on any atom is -0.349 e. The Morgan fingerprint density at radius 1 is 1.12 bits per heavy atom. The number of aryl methyl sites for hydroxylation is 1. The molecule has 0 atom stereocenters. The van der Waals surface area contributed by atoms with Crippen LogP contribution in [0.25, 0.3) is 21.8 Å². The molecular weight excluding hydrogens is 326 g/mol. The number of rotatable bonds is 3. The molecule has 1 N–H and O–H groups in total. The third kappa shape index (κ3) is 2.30. The van der Waals surface area contributed by atoms with Crippen LogP contribution in [0.2, 0.25) is 0 Å². The number of carbonyl (C=O) groups is 1. The van der Waals surface area contributed by atoms with Crippen LogP contribution in [0.4, 0.5) is 0 Å². The van der Waals surface area contributed by atoms with Gasteiger partial charge in [-0.3, -0.25) is 9.59 Å². The van der Waals surface area contributed by atoms with Crippen molar-refractivity contribution < 1.29 is 4.79 Å². The van der Waals surface area contributed by atoms with E-state index in [1.54, 1.807) is 0 Å². The molecule has 2 saturated carbocycles. The Morgan fingerprint density at radius 3 is 2.58 bits per heavy atom. The predicted octanol–water partition coefficient (Wildman–Crippen LogP) is 3.50. The van der Waals surface area contributed by atoms with E-state index in [4.69, 9.17) is 0 Å². The van der Waals surface area contributed by atoms with Crippen molar-refractivity contribution >= 4 is 27.7 Å². The average Bonchev–Trinajstić information content (AvgIpc) is 3.18. The molecule has 5 nitrogen and oxygen atoms in total. The van der Waals surface area contributed by atoms with Crippen molar-refractivity contribution in [3.8, 4) is 0 Å². The van der Waals surface area contributed by atoms with Gasteiger partial charge in [0.2, 0.25) is 0 Å². The lowest BCUT2D eigenvalue weighted by atomic mass is 10.1. The number of hydrogen-bond donors (Lipinski definition) is 1. The summed E-state index contributed by atoms with van der Waals surface area (Å²) in [4.78, 5) is 26.3. The number of aromatic nitrogens is 2. The molecule has 2 aliphatic carbocycles. The summed E-state index contributed by atoms with van der Waals surface area (Å²) >= 11 is 0. The molecule has 3 aromatic rings. The highest BCUT2D eigenvalue weighted by Crippen LogP contribution is 2.33. The molecule has 0 spiro atoms. The number of hydrogen-bond acceptors (Lipinski definition) is 2. The van der Waals surface area contributed by atoms with Crippen molar-refractivity contribution in [3.63, 3.8) is 0 Å². The Morgan fingerprint density at radius 2 is 1.85 bits per heavy atom. The first-order chi connectivity index (χ1) is 12.6. The minimum absolute atomic E-state index is 0.0218. The second-order valence-electron chi connectivity index (χ2n) is 7.74. The molecule has 1 amide bonds. The molecule has 26 heavy (non-hydrogen) atoms. The molecule has 0 radical (unpaired) electrons. The average molecular weight is 349 g/mol. The fourth-order valence-corrected chi connectivity index (χ4v) is 4.42. The Labute approximate surface area is 151 Å². The Kier molecular flexibility index (Phi) is 3.45. The van der Waals surface area contributed by atoms with Crippen molar-refractivity contribution in [1.82, 2.24) is 14.5 Å². The number of carbonyl (C=O) groups excluding carboxylic acids is 1. The molecule has 0 unspecified atom stereocenters. The maximum atomic E-state index is 13.3. The van der Waals surface area contributed by atoms with E-state index in [9.17, 15) is 9.59 Å². The summed E-state index contributed by atoms with van der Waals surface area (Å²) in [7, 11) is 1.92. The van der Waals surface area contributed by atoms with E-state index < -0.39 is 0 Å². The lowest BCUT2D eigenvalue weighted by Gasteiger charge is -2.16. The summed E-state index contributed by atoms with van der Waals surface area (Å²) in [5.74, 6) is -0.0550. The van der Waals surface area contributed by atoms with Gasteiger partial charge >= 0.3 is 0 Å². The fraction of sp³-hybridized carbons (Fsp3) is 0.429. The van der Waals surface area contributed by atoms with Gasteiger partial charge in [0.05, 0.1) is 5.56 Å². The molecule has 5 rings (SSSR count). The van der Waals surface area contributed by atoms with Gasteiger partial charge in [0, 0.05) is 41.6 Å². The van der Waals surface area contributed by atoms with Crippen LogP contribution in [-0.4, -0.2) is 21.1 Å².